The van der Waals surface area contributed by atoms with E-state index in [1.165, 1.54) is 24.0 Å². The van der Waals surface area contributed by atoms with Gasteiger partial charge in [0.25, 0.3) is 0 Å². The Kier molecular flexibility index (Phi) is 5.19. The van der Waals surface area contributed by atoms with Gasteiger partial charge >= 0.3 is 12.1 Å². The number of aliphatic carboxylic acids is 1. The van der Waals surface area contributed by atoms with Gasteiger partial charge in [0.15, 0.2) is 0 Å². The smallest absolute Gasteiger partial charge is 0.417 e. The largest absolute Gasteiger partial charge is 0.481 e. The van der Waals surface area contributed by atoms with Crippen LogP contribution in [-0.2, 0) is 11.0 Å². The Bertz CT molecular complexity index is 564. The Labute approximate surface area is 120 Å². The van der Waals surface area contributed by atoms with Crippen molar-refractivity contribution in [3.63, 3.8) is 0 Å². The lowest BCUT2D eigenvalue weighted by atomic mass is 10.1. The molecule has 7 heteroatoms. The maximum atomic E-state index is 12.9. The fourth-order valence-corrected chi connectivity index (χ4v) is 1.89. The first-order valence-electron chi connectivity index (χ1n) is 6.29. The van der Waals surface area contributed by atoms with E-state index in [9.17, 15) is 18.0 Å². The minimum Gasteiger partial charge on any atom is -0.481 e. The van der Waals surface area contributed by atoms with Crippen molar-refractivity contribution in [3.05, 3.63) is 29.3 Å². The van der Waals surface area contributed by atoms with Gasteiger partial charge in [-0.25, -0.2) is 0 Å². The van der Waals surface area contributed by atoms with Crippen molar-refractivity contribution in [1.29, 1.82) is 5.26 Å². The van der Waals surface area contributed by atoms with Gasteiger partial charge in [-0.05, 0) is 25.1 Å². The lowest BCUT2D eigenvalue weighted by Gasteiger charge is -2.26. The number of carbonyl (C=O) groups is 1. The molecule has 0 aliphatic rings. The third kappa shape index (κ3) is 4.12. The van der Waals surface area contributed by atoms with Gasteiger partial charge in [0.05, 0.1) is 23.1 Å². The highest BCUT2D eigenvalue weighted by Crippen LogP contribution is 2.34. The van der Waals surface area contributed by atoms with Crippen LogP contribution < -0.4 is 4.90 Å². The van der Waals surface area contributed by atoms with Crippen LogP contribution in [0.25, 0.3) is 0 Å². The highest BCUT2D eigenvalue weighted by molar-refractivity contribution is 5.70. The molecule has 1 rings (SSSR count). The standard InChI is InChI=1S/C14H15F3N2O2/c1-3-19(8-9(2)13(20)21)11-5-4-10(7-18)12(6-11)14(15,16)17/h4-6,9H,3,8H2,1-2H3,(H,20,21). The summed E-state index contributed by atoms with van der Waals surface area (Å²) < 4.78 is 38.7. The number of hydrogen-bond acceptors (Lipinski definition) is 3. The molecule has 1 N–H and O–H groups in total. The summed E-state index contributed by atoms with van der Waals surface area (Å²) >= 11 is 0. The minimum atomic E-state index is -4.63. The molecule has 0 amide bonds. The molecule has 0 aliphatic carbocycles. The first kappa shape index (κ1) is 16.8. The zero-order chi connectivity index (χ0) is 16.2. The van der Waals surface area contributed by atoms with Crippen LogP contribution in [0.3, 0.4) is 0 Å². The van der Waals surface area contributed by atoms with E-state index in [0.717, 1.165) is 12.1 Å². The third-order valence-electron chi connectivity index (χ3n) is 3.09. The van der Waals surface area contributed by atoms with E-state index in [1.807, 2.05) is 0 Å². The van der Waals surface area contributed by atoms with Gasteiger partial charge in [0.1, 0.15) is 0 Å². The molecule has 1 atom stereocenters. The van der Waals surface area contributed by atoms with Gasteiger partial charge in [-0.3, -0.25) is 4.79 Å². The van der Waals surface area contributed by atoms with Crippen LogP contribution in [0.5, 0.6) is 0 Å². The average molecular weight is 300 g/mol. The molecule has 0 saturated heterocycles. The number of alkyl halides is 3. The number of nitriles is 1. The summed E-state index contributed by atoms with van der Waals surface area (Å²) in [6.45, 7) is 3.66. The number of carboxylic acid groups (broad SMARTS) is 1. The summed E-state index contributed by atoms with van der Waals surface area (Å²) in [5.41, 5.74) is -1.21. The summed E-state index contributed by atoms with van der Waals surface area (Å²) in [5.74, 6) is -1.73. The van der Waals surface area contributed by atoms with Crippen molar-refractivity contribution in [3.8, 4) is 6.07 Å². The lowest BCUT2D eigenvalue weighted by molar-refractivity contribution is -0.141. The predicted octanol–water partition coefficient (Wildman–Crippen LogP) is 3.12. The van der Waals surface area contributed by atoms with Gasteiger partial charge in [-0.2, -0.15) is 18.4 Å². The third-order valence-corrected chi connectivity index (χ3v) is 3.09. The Morgan fingerprint density at radius 3 is 2.52 bits per heavy atom. The summed E-state index contributed by atoms with van der Waals surface area (Å²) in [6, 6.07) is 4.90. The molecule has 0 fully saturated rings. The topological polar surface area (TPSA) is 64.3 Å². The normalized spacial score (nSPS) is 12.6. The first-order valence-corrected chi connectivity index (χ1v) is 6.29. The van der Waals surface area contributed by atoms with E-state index < -0.39 is 29.2 Å². The monoisotopic (exact) mass is 300 g/mol. The van der Waals surface area contributed by atoms with Crippen LogP contribution >= 0.6 is 0 Å². The summed E-state index contributed by atoms with van der Waals surface area (Å²) in [7, 11) is 0. The van der Waals surface area contributed by atoms with Crippen LogP contribution in [0.15, 0.2) is 18.2 Å². The van der Waals surface area contributed by atoms with Crippen molar-refractivity contribution in [2.45, 2.75) is 20.0 Å². The van der Waals surface area contributed by atoms with Gasteiger partial charge < -0.3 is 10.0 Å². The van der Waals surface area contributed by atoms with Crippen molar-refractivity contribution in [2.24, 2.45) is 5.92 Å². The van der Waals surface area contributed by atoms with Gasteiger partial charge in [-0.1, -0.05) is 6.92 Å². The number of hydrogen-bond donors (Lipinski definition) is 1. The summed E-state index contributed by atoms with van der Waals surface area (Å²) in [4.78, 5) is 12.4. The van der Waals surface area contributed by atoms with Crippen molar-refractivity contribution >= 4 is 11.7 Å². The lowest BCUT2D eigenvalue weighted by Crippen LogP contribution is -2.31. The number of benzene rings is 1. The summed E-state index contributed by atoms with van der Waals surface area (Å²) in [6.07, 6.45) is -4.63. The Balaban J connectivity index is 3.18. The molecule has 1 aromatic carbocycles. The minimum absolute atomic E-state index is 0.0923. The fourth-order valence-electron chi connectivity index (χ4n) is 1.89. The Hall–Kier alpha value is -2.23. The second-order valence-electron chi connectivity index (χ2n) is 4.62. The quantitative estimate of drug-likeness (QED) is 0.907. The zero-order valence-corrected chi connectivity index (χ0v) is 11.6. The van der Waals surface area contributed by atoms with Gasteiger partial charge in [0.2, 0.25) is 0 Å². The van der Waals surface area contributed by atoms with E-state index in [1.54, 1.807) is 6.92 Å². The van der Waals surface area contributed by atoms with Crippen LogP contribution in [-0.4, -0.2) is 24.2 Å². The number of halogens is 3. The van der Waals surface area contributed by atoms with Crippen LogP contribution in [0.1, 0.15) is 25.0 Å². The Morgan fingerprint density at radius 2 is 2.10 bits per heavy atom. The molecule has 0 saturated carbocycles. The van der Waals surface area contributed by atoms with E-state index in [2.05, 4.69) is 0 Å². The molecule has 4 nitrogen and oxygen atoms in total. The van der Waals surface area contributed by atoms with Gasteiger partial charge in [-0.15, -0.1) is 0 Å². The summed E-state index contributed by atoms with van der Waals surface area (Å²) in [5, 5.41) is 17.6. The van der Waals surface area contributed by atoms with Crippen LogP contribution in [0.2, 0.25) is 0 Å². The second-order valence-corrected chi connectivity index (χ2v) is 4.62. The number of carboxylic acids is 1. The SMILES string of the molecule is CCN(CC(C)C(=O)O)c1ccc(C#N)c(C(F)(F)F)c1. The molecular formula is C14H15F3N2O2. The van der Waals surface area contributed by atoms with Crippen molar-refractivity contribution in [1.82, 2.24) is 0 Å². The molecule has 0 aliphatic heterocycles. The highest BCUT2D eigenvalue weighted by atomic mass is 19.4. The zero-order valence-electron chi connectivity index (χ0n) is 11.6. The molecular weight excluding hydrogens is 285 g/mol. The molecule has 0 spiro atoms. The number of anilines is 1. The maximum absolute atomic E-state index is 12.9. The number of rotatable bonds is 5. The molecule has 114 valence electrons. The molecule has 1 aromatic rings. The average Bonchev–Trinajstić information content (AvgIpc) is 2.42. The number of nitrogens with zero attached hydrogens (tertiary/aromatic N) is 2. The molecule has 0 aromatic heterocycles. The van der Waals surface area contributed by atoms with E-state index >= 15 is 0 Å². The fraction of sp³-hybridized carbons (Fsp3) is 0.429. The predicted molar refractivity (Wildman–Crippen MR) is 70.8 cm³/mol. The molecule has 0 heterocycles. The van der Waals surface area contributed by atoms with Gasteiger partial charge in [0, 0.05) is 18.8 Å². The van der Waals surface area contributed by atoms with E-state index in [4.69, 9.17) is 10.4 Å². The van der Waals surface area contributed by atoms with E-state index in [-0.39, 0.29) is 12.2 Å². The molecule has 0 bridgehead atoms. The van der Waals surface area contributed by atoms with Crippen LogP contribution in [0.4, 0.5) is 18.9 Å². The van der Waals surface area contributed by atoms with E-state index in [0.29, 0.717) is 6.54 Å². The molecule has 21 heavy (non-hydrogen) atoms. The van der Waals surface area contributed by atoms with Crippen molar-refractivity contribution < 1.29 is 23.1 Å². The molecule has 0 radical (unpaired) electrons. The highest BCUT2D eigenvalue weighted by Gasteiger charge is 2.34. The Morgan fingerprint density at radius 1 is 1.48 bits per heavy atom. The molecule has 1 unspecified atom stereocenters. The maximum Gasteiger partial charge on any atom is 0.417 e. The second kappa shape index (κ2) is 6.48. The van der Waals surface area contributed by atoms with Crippen molar-refractivity contribution in [2.75, 3.05) is 18.0 Å². The first-order chi connectivity index (χ1) is 9.70. The van der Waals surface area contributed by atoms with Crippen LogP contribution in [0, 0.1) is 17.2 Å².